The maximum Gasteiger partial charge on any atom is 0.307 e. The SMILES string of the molecule is CC.CCOC(=O)CC(C)NCCC#N. The Morgan fingerprint density at radius 3 is 2.60 bits per heavy atom. The van der Waals surface area contributed by atoms with E-state index in [4.69, 9.17) is 10.00 Å². The third-order valence-electron chi connectivity index (χ3n) is 1.51. The summed E-state index contributed by atoms with van der Waals surface area (Å²) < 4.78 is 4.77. The van der Waals surface area contributed by atoms with Gasteiger partial charge in [-0.3, -0.25) is 4.79 Å². The Labute approximate surface area is 92.6 Å². The molecule has 0 aromatic carbocycles. The second-order valence-corrected chi connectivity index (χ2v) is 2.77. The van der Waals surface area contributed by atoms with E-state index in [-0.39, 0.29) is 12.0 Å². The van der Waals surface area contributed by atoms with E-state index < -0.39 is 0 Å². The van der Waals surface area contributed by atoms with Gasteiger partial charge in [0.2, 0.25) is 0 Å². The highest BCUT2D eigenvalue weighted by molar-refractivity contribution is 5.69. The van der Waals surface area contributed by atoms with Crippen LogP contribution in [0.5, 0.6) is 0 Å². The average molecular weight is 214 g/mol. The molecule has 0 bridgehead atoms. The van der Waals surface area contributed by atoms with Crippen molar-refractivity contribution in [3.05, 3.63) is 0 Å². The second kappa shape index (κ2) is 12.9. The Morgan fingerprint density at radius 2 is 2.13 bits per heavy atom. The van der Waals surface area contributed by atoms with Gasteiger partial charge in [-0.05, 0) is 13.8 Å². The Morgan fingerprint density at radius 1 is 1.53 bits per heavy atom. The van der Waals surface area contributed by atoms with Gasteiger partial charge in [-0.2, -0.15) is 5.26 Å². The van der Waals surface area contributed by atoms with Crippen molar-refractivity contribution < 1.29 is 9.53 Å². The van der Waals surface area contributed by atoms with Crippen LogP contribution in [0.1, 0.15) is 40.5 Å². The molecule has 1 atom stereocenters. The van der Waals surface area contributed by atoms with Gasteiger partial charge in [-0.1, -0.05) is 13.8 Å². The van der Waals surface area contributed by atoms with Crippen molar-refractivity contribution in [3.63, 3.8) is 0 Å². The van der Waals surface area contributed by atoms with Gasteiger partial charge in [0.1, 0.15) is 0 Å². The highest BCUT2D eigenvalue weighted by Gasteiger charge is 2.08. The van der Waals surface area contributed by atoms with Crippen LogP contribution in [0, 0.1) is 11.3 Å². The molecule has 0 radical (unpaired) electrons. The summed E-state index contributed by atoms with van der Waals surface area (Å²) in [4.78, 5) is 11.0. The van der Waals surface area contributed by atoms with Crippen LogP contribution in [0.15, 0.2) is 0 Å². The topological polar surface area (TPSA) is 62.1 Å². The van der Waals surface area contributed by atoms with Gasteiger partial charge in [0, 0.05) is 19.0 Å². The molecule has 0 aliphatic carbocycles. The van der Waals surface area contributed by atoms with Crippen LogP contribution in [0.4, 0.5) is 0 Å². The molecule has 0 saturated heterocycles. The molecule has 4 nitrogen and oxygen atoms in total. The van der Waals surface area contributed by atoms with Crippen molar-refractivity contribution in [2.24, 2.45) is 0 Å². The van der Waals surface area contributed by atoms with E-state index >= 15 is 0 Å². The molecule has 0 fully saturated rings. The summed E-state index contributed by atoms with van der Waals surface area (Å²) >= 11 is 0. The molecule has 0 spiro atoms. The molecule has 1 unspecified atom stereocenters. The van der Waals surface area contributed by atoms with Gasteiger partial charge >= 0.3 is 5.97 Å². The zero-order valence-corrected chi connectivity index (χ0v) is 10.2. The van der Waals surface area contributed by atoms with E-state index in [0.717, 1.165) is 0 Å². The predicted molar refractivity (Wildman–Crippen MR) is 60.3 cm³/mol. The number of carbonyl (C=O) groups is 1. The van der Waals surface area contributed by atoms with Crippen molar-refractivity contribution in [1.82, 2.24) is 5.32 Å². The molecule has 0 aliphatic heterocycles. The standard InChI is InChI=1S/C9H16N2O2.C2H6/c1-3-13-9(12)7-8(2)11-6-4-5-10;1-2/h8,11H,3-4,6-7H2,1-2H3;1-2H3. The number of nitriles is 1. The molecule has 0 heterocycles. The van der Waals surface area contributed by atoms with E-state index in [9.17, 15) is 4.79 Å². The van der Waals surface area contributed by atoms with Crippen molar-refractivity contribution in [2.45, 2.75) is 46.6 Å². The molecule has 0 aromatic rings. The van der Waals surface area contributed by atoms with E-state index in [1.165, 1.54) is 0 Å². The van der Waals surface area contributed by atoms with E-state index in [1.54, 1.807) is 6.92 Å². The summed E-state index contributed by atoms with van der Waals surface area (Å²) in [5.41, 5.74) is 0. The monoisotopic (exact) mass is 214 g/mol. The minimum absolute atomic E-state index is 0.0763. The number of nitrogens with one attached hydrogen (secondary N) is 1. The number of hydrogen-bond acceptors (Lipinski definition) is 4. The molecular weight excluding hydrogens is 192 g/mol. The van der Waals surface area contributed by atoms with Crippen molar-refractivity contribution in [2.75, 3.05) is 13.2 Å². The molecule has 1 N–H and O–H groups in total. The fourth-order valence-corrected chi connectivity index (χ4v) is 0.917. The lowest BCUT2D eigenvalue weighted by Gasteiger charge is -2.11. The van der Waals surface area contributed by atoms with E-state index in [0.29, 0.717) is 26.0 Å². The fourth-order valence-electron chi connectivity index (χ4n) is 0.917. The van der Waals surface area contributed by atoms with Crippen LogP contribution < -0.4 is 5.32 Å². The van der Waals surface area contributed by atoms with Crippen LogP contribution in [0.2, 0.25) is 0 Å². The first kappa shape index (κ1) is 16.4. The predicted octanol–water partition coefficient (Wildman–Crippen LogP) is 1.86. The zero-order valence-electron chi connectivity index (χ0n) is 10.2. The van der Waals surface area contributed by atoms with Crippen LogP contribution in [0.25, 0.3) is 0 Å². The first-order valence-corrected chi connectivity index (χ1v) is 5.46. The number of carbonyl (C=O) groups excluding carboxylic acids is 1. The summed E-state index contributed by atoms with van der Waals surface area (Å²) in [6.07, 6.45) is 0.826. The third-order valence-corrected chi connectivity index (χ3v) is 1.51. The lowest BCUT2D eigenvalue weighted by atomic mass is 10.2. The lowest BCUT2D eigenvalue weighted by molar-refractivity contribution is -0.143. The van der Waals surface area contributed by atoms with Gasteiger partial charge < -0.3 is 10.1 Å². The average Bonchev–Trinajstić information content (AvgIpc) is 2.21. The number of rotatable bonds is 6. The molecule has 0 amide bonds. The zero-order chi connectivity index (χ0) is 12.1. The number of hydrogen-bond donors (Lipinski definition) is 1. The Kier molecular flexibility index (Phi) is 14.1. The summed E-state index contributed by atoms with van der Waals surface area (Å²) in [5, 5.41) is 11.3. The largest absolute Gasteiger partial charge is 0.466 e. The molecular formula is C11H22N2O2. The van der Waals surface area contributed by atoms with Gasteiger partial charge in [-0.15, -0.1) is 0 Å². The summed E-state index contributed by atoms with van der Waals surface area (Å²) in [5.74, 6) is -0.195. The highest BCUT2D eigenvalue weighted by Crippen LogP contribution is 1.93. The quantitative estimate of drug-likeness (QED) is 0.541. The first-order chi connectivity index (χ1) is 7.20. The Balaban J connectivity index is 0. The molecule has 0 aromatic heterocycles. The summed E-state index contributed by atoms with van der Waals surface area (Å²) in [6, 6.07) is 2.10. The molecule has 15 heavy (non-hydrogen) atoms. The highest BCUT2D eigenvalue weighted by atomic mass is 16.5. The van der Waals surface area contributed by atoms with Crippen molar-refractivity contribution in [1.29, 1.82) is 5.26 Å². The number of nitrogens with zero attached hydrogens (tertiary/aromatic N) is 1. The molecule has 0 aliphatic rings. The van der Waals surface area contributed by atoms with Crippen molar-refractivity contribution in [3.8, 4) is 6.07 Å². The Hall–Kier alpha value is -1.08. The molecule has 4 heteroatoms. The maximum absolute atomic E-state index is 11.0. The minimum Gasteiger partial charge on any atom is -0.466 e. The smallest absolute Gasteiger partial charge is 0.307 e. The van der Waals surface area contributed by atoms with Crippen LogP contribution >= 0.6 is 0 Å². The van der Waals surface area contributed by atoms with Crippen LogP contribution in [-0.2, 0) is 9.53 Å². The number of ether oxygens (including phenoxy) is 1. The first-order valence-electron chi connectivity index (χ1n) is 5.46. The fraction of sp³-hybridized carbons (Fsp3) is 0.818. The lowest BCUT2D eigenvalue weighted by Crippen LogP contribution is -2.29. The van der Waals surface area contributed by atoms with Crippen LogP contribution in [0.3, 0.4) is 0 Å². The molecule has 88 valence electrons. The summed E-state index contributed by atoms with van der Waals surface area (Å²) in [7, 11) is 0. The molecule has 0 saturated carbocycles. The van der Waals surface area contributed by atoms with Gasteiger partial charge in [0.25, 0.3) is 0 Å². The van der Waals surface area contributed by atoms with Gasteiger partial charge in [0.15, 0.2) is 0 Å². The minimum atomic E-state index is -0.195. The van der Waals surface area contributed by atoms with E-state index in [1.807, 2.05) is 26.8 Å². The Bertz CT molecular complexity index is 188. The number of esters is 1. The normalized spacial score (nSPS) is 10.6. The van der Waals surface area contributed by atoms with Gasteiger partial charge in [-0.25, -0.2) is 0 Å². The second-order valence-electron chi connectivity index (χ2n) is 2.77. The van der Waals surface area contributed by atoms with Crippen LogP contribution in [-0.4, -0.2) is 25.2 Å². The molecule has 0 rings (SSSR count). The summed E-state index contributed by atoms with van der Waals surface area (Å²) in [6.45, 7) is 8.72. The third kappa shape index (κ3) is 12.9. The van der Waals surface area contributed by atoms with Crippen molar-refractivity contribution >= 4 is 5.97 Å². The maximum atomic E-state index is 11.0. The van der Waals surface area contributed by atoms with E-state index in [2.05, 4.69) is 5.32 Å². The van der Waals surface area contributed by atoms with Gasteiger partial charge in [0.05, 0.1) is 19.1 Å².